The average molecular weight is 260 g/mol. The lowest BCUT2D eigenvalue weighted by Crippen LogP contribution is -2.40. The summed E-state index contributed by atoms with van der Waals surface area (Å²) < 4.78 is 6.96. The van der Waals surface area contributed by atoms with Crippen LogP contribution in [0.15, 0.2) is 24.7 Å². The molecule has 8 nitrogen and oxygen atoms in total. The van der Waals surface area contributed by atoms with Gasteiger partial charge in [-0.3, -0.25) is 9.69 Å². The number of amides is 1. The Labute approximate surface area is 109 Å². The van der Waals surface area contributed by atoms with Crippen molar-refractivity contribution >= 4 is 11.7 Å². The summed E-state index contributed by atoms with van der Waals surface area (Å²) in [6.45, 7) is 1.27. The summed E-state index contributed by atoms with van der Waals surface area (Å²) in [4.78, 5) is 17.7. The Balaban J connectivity index is 1.68. The maximum atomic E-state index is 11.9. The van der Waals surface area contributed by atoms with Crippen LogP contribution >= 0.6 is 0 Å². The molecule has 8 heteroatoms. The van der Waals surface area contributed by atoms with Crippen LogP contribution in [0.1, 0.15) is 6.42 Å². The number of hydrogen-bond donors (Lipinski definition) is 0. The van der Waals surface area contributed by atoms with Crippen LogP contribution < -0.4 is 9.64 Å². The van der Waals surface area contributed by atoms with Crippen molar-refractivity contribution in [2.24, 2.45) is 0 Å². The molecule has 0 bridgehead atoms. The van der Waals surface area contributed by atoms with Crippen molar-refractivity contribution in [3.63, 3.8) is 0 Å². The van der Waals surface area contributed by atoms with Crippen molar-refractivity contribution in [3.8, 4) is 5.75 Å². The number of rotatable bonds is 4. The second-order valence-corrected chi connectivity index (χ2v) is 4.09. The van der Waals surface area contributed by atoms with Gasteiger partial charge in [0.15, 0.2) is 18.2 Å². The molecule has 0 atom stereocenters. The number of tetrazole rings is 1. The van der Waals surface area contributed by atoms with Crippen molar-refractivity contribution in [1.29, 1.82) is 0 Å². The molecule has 1 aliphatic heterocycles. The molecule has 3 rings (SSSR count). The van der Waals surface area contributed by atoms with Crippen molar-refractivity contribution in [2.75, 3.05) is 18.1 Å². The number of fused-ring (bicyclic) bond motifs is 1. The second-order valence-electron chi connectivity index (χ2n) is 4.09. The van der Waals surface area contributed by atoms with Crippen LogP contribution in [0.5, 0.6) is 5.75 Å². The van der Waals surface area contributed by atoms with E-state index in [1.807, 2.05) is 6.07 Å². The van der Waals surface area contributed by atoms with Gasteiger partial charge in [0.1, 0.15) is 6.33 Å². The highest BCUT2D eigenvalue weighted by Gasteiger charge is 2.25. The molecule has 0 fully saturated rings. The molecule has 19 heavy (non-hydrogen) atoms. The first-order valence-electron chi connectivity index (χ1n) is 5.93. The van der Waals surface area contributed by atoms with Crippen LogP contribution in [-0.2, 0) is 11.3 Å². The third-order valence-electron chi connectivity index (χ3n) is 2.82. The largest absolute Gasteiger partial charge is 0.480 e. The van der Waals surface area contributed by atoms with Gasteiger partial charge in [-0.15, -0.1) is 5.10 Å². The lowest BCUT2D eigenvalue weighted by atomic mass is 10.3. The molecule has 98 valence electrons. The molecule has 0 aromatic carbocycles. The highest BCUT2D eigenvalue weighted by molar-refractivity contribution is 5.96. The zero-order chi connectivity index (χ0) is 13.1. The fourth-order valence-electron chi connectivity index (χ4n) is 1.94. The summed E-state index contributed by atoms with van der Waals surface area (Å²) in [5.74, 6) is 1.14. The molecule has 0 N–H and O–H groups in total. The number of carbonyl (C=O) groups is 1. The van der Waals surface area contributed by atoms with Gasteiger partial charge in [0.25, 0.3) is 5.91 Å². The minimum atomic E-state index is -0.0806. The van der Waals surface area contributed by atoms with E-state index in [0.717, 1.165) is 6.42 Å². The monoisotopic (exact) mass is 260 g/mol. The number of nitrogens with zero attached hydrogens (tertiary/aromatic N) is 6. The molecular formula is C11H12N6O2. The zero-order valence-corrected chi connectivity index (χ0v) is 10.1. The van der Waals surface area contributed by atoms with E-state index in [-0.39, 0.29) is 12.5 Å². The molecule has 3 heterocycles. The minimum Gasteiger partial charge on any atom is -0.480 e. The van der Waals surface area contributed by atoms with Gasteiger partial charge in [-0.1, -0.05) is 0 Å². The van der Waals surface area contributed by atoms with Crippen LogP contribution in [0.4, 0.5) is 5.82 Å². The van der Waals surface area contributed by atoms with Crippen LogP contribution in [0.3, 0.4) is 0 Å². The number of aryl methyl sites for hydroxylation is 1. The van der Waals surface area contributed by atoms with Crippen LogP contribution in [0.2, 0.25) is 0 Å². The van der Waals surface area contributed by atoms with Crippen LogP contribution in [0, 0.1) is 0 Å². The van der Waals surface area contributed by atoms with Gasteiger partial charge >= 0.3 is 0 Å². The Morgan fingerprint density at radius 3 is 3.16 bits per heavy atom. The van der Waals surface area contributed by atoms with Crippen molar-refractivity contribution in [3.05, 3.63) is 24.7 Å². The van der Waals surface area contributed by atoms with Crippen molar-refractivity contribution in [2.45, 2.75) is 13.0 Å². The van der Waals surface area contributed by atoms with Crippen molar-refractivity contribution < 1.29 is 9.53 Å². The van der Waals surface area contributed by atoms with E-state index >= 15 is 0 Å². The van der Waals surface area contributed by atoms with E-state index in [9.17, 15) is 4.79 Å². The van der Waals surface area contributed by atoms with Gasteiger partial charge in [-0.05, 0) is 29.0 Å². The van der Waals surface area contributed by atoms with Gasteiger partial charge in [-0.25, -0.2) is 9.67 Å². The lowest BCUT2D eigenvalue weighted by Gasteiger charge is -2.27. The summed E-state index contributed by atoms with van der Waals surface area (Å²) in [5, 5.41) is 10.9. The molecule has 1 aliphatic rings. The van der Waals surface area contributed by atoms with Crippen LogP contribution in [0.25, 0.3) is 0 Å². The third kappa shape index (κ3) is 2.37. The Kier molecular flexibility index (Phi) is 3.05. The number of carbonyl (C=O) groups excluding carboxylic acids is 1. The summed E-state index contributed by atoms with van der Waals surface area (Å²) in [6, 6.07) is 3.59. The van der Waals surface area contributed by atoms with Gasteiger partial charge in [0, 0.05) is 19.3 Å². The number of anilines is 1. The van der Waals surface area contributed by atoms with E-state index < -0.39 is 0 Å². The molecule has 1 amide bonds. The van der Waals surface area contributed by atoms with E-state index in [0.29, 0.717) is 24.7 Å². The summed E-state index contributed by atoms with van der Waals surface area (Å²) in [5.41, 5.74) is 0. The molecule has 2 aromatic heterocycles. The van der Waals surface area contributed by atoms with E-state index in [2.05, 4.69) is 20.5 Å². The number of ether oxygens (including phenoxy) is 1. The first-order valence-corrected chi connectivity index (χ1v) is 5.93. The predicted octanol–water partition coefficient (Wildman–Crippen LogP) is -0.116. The molecule has 0 spiro atoms. The quantitative estimate of drug-likeness (QED) is 0.762. The summed E-state index contributed by atoms with van der Waals surface area (Å²) >= 11 is 0. The molecule has 0 saturated carbocycles. The van der Waals surface area contributed by atoms with Gasteiger partial charge in [-0.2, -0.15) is 0 Å². The lowest BCUT2D eigenvalue weighted by molar-refractivity contribution is -0.121. The standard InChI is InChI=1S/C11H12N6O2/c18-10-7-19-9-3-1-4-12-11(9)17(10)6-2-5-16-8-13-14-15-16/h1,3-4,8H,2,5-7H2. The molecular weight excluding hydrogens is 248 g/mol. The average Bonchev–Trinajstić information content (AvgIpc) is 2.94. The third-order valence-corrected chi connectivity index (χ3v) is 2.82. The number of pyridine rings is 1. The fraction of sp³-hybridized carbons (Fsp3) is 0.364. The Morgan fingerprint density at radius 1 is 1.37 bits per heavy atom. The van der Waals surface area contributed by atoms with Gasteiger partial charge < -0.3 is 4.74 Å². The van der Waals surface area contributed by atoms with E-state index in [1.54, 1.807) is 28.2 Å². The normalized spacial score (nSPS) is 14.1. The smallest absolute Gasteiger partial charge is 0.266 e. The maximum absolute atomic E-state index is 11.9. The molecule has 0 saturated heterocycles. The van der Waals surface area contributed by atoms with Crippen molar-refractivity contribution in [1.82, 2.24) is 25.2 Å². The molecule has 2 aromatic rings. The fourth-order valence-corrected chi connectivity index (χ4v) is 1.94. The summed E-state index contributed by atoms with van der Waals surface area (Å²) in [7, 11) is 0. The first-order chi connectivity index (χ1) is 9.34. The molecule has 0 unspecified atom stereocenters. The number of hydrogen-bond acceptors (Lipinski definition) is 6. The van der Waals surface area contributed by atoms with Gasteiger partial charge in [0.05, 0.1) is 0 Å². The molecule has 0 radical (unpaired) electrons. The number of aromatic nitrogens is 5. The van der Waals surface area contributed by atoms with Gasteiger partial charge in [0.2, 0.25) is 0 Å². The topological polar surface area (TPSA) is 86.0 Å². The highest BCUT2D eigenvalue weighted by atomic mass is 16.5. The van der Waals surface area contributed by atoms with Crippen LogP contribution in [-0.4, -0.2) is 44.3 Å². The van der Waals surface area contributed by atoms with E-state index in [4.69, 9.17) is 4.74 Å². The predicted molar refractivity (Wildman–Crippen MR) is 64.5 cm³/mol. The highest BCUT2D eigenvalue weighted by Crippen LogP contribution is 2.28. The second kappa shape index (κ2) is 5.01. The minimum absolute atomic E-state index is 0.0591. The maximum Gasteiger partial charge on any atom is 0.266 e. The van der Waals surface area contributed by atoms with E-state index in [1.165, 1.54) is 0 Å². The molecule has 0 aliphatic carbocycles. The Bertz CT molecular complexity index is 570. The Hall–Kier alpha value is -2.51. The first kappa shape index (κ1) is 11.6. The SMILES string of the molecule is O=C1COc2cccnc2N1CCCn1cnnn1. The Morgan fingerprint density at radius 2 is 2.32 bits per heavy atom. The zero-order valence-electron chi connectivity index (χ0n) is 10.1. The summed E-state index contributed by atoms with van der Waals surface area (Å²) in [6.07, 6.45) is 3.94.